The summed E-state index contributed by atoms with van der Waals surface area (Å²) in [5.74, 6) is 0.0984. The van der Waals surface area contributed by atoms with Crippen LogP contribution >= 0.6 is 23.4 Å². The van der Waals surface area contributed by atoms with Gasteiger partial charge in [-0.3, -0.25) is 14.9 Å². The summed E-state index contributed by atoms with van der Waals surface area (Å²) >= 11 is 7.71. The van der Waals surface area contributed by atoms with Gasteiger partial charge in [0, 0.05) is 27.5 Å². The summed E-state index contributed by atoms with van der Waals surface area (Å²) in [7, 11) is 0. The third-order valence-electron chi connectivity index (χ3n) is 5.06. The molecule has 0 saturated carbocycles. The highest BCUT2D eigenvalue weighted by atomic mass is 35.5. The minimum absolute atomic E-state index is 0.0582. The maximum absolute atomic E-state index is 12.0. The van der Waals surface area contributed by atoms with Crippen molar-refractivity contribution >= 4 is 46.9 Å². The Morgan fingerprint density at radius 2 is 1.88 bits per heavy atom. The number of nitrogens with zero attached hydrogens (tertiary/aromatic N) is 3. The predicted octanol–water partition coefficient (Wildman–Crippen LogP) is 4.77. The second kappa shape index (κ2) is 8.61. The molecule has 1 N–H and O–H groups in total. The Kier molecular flexibility index (Phi) is 5.51. The lowest BCUT2D eigenvalue weighted by Gasteiger charge is -2.09. The van der Waals surface area contributed by atoms with Gasteiger partial charge in [0.1, 0.15) is 5.03 Å². The quantitative estimate of drug-likeness (QED) is 0.201. The van der Waals surface area contributed by atoms with Crippen LogP contribution in [-0.4, -0.2) is 26.4 Å². The molecule has 8 heteroatoms. The molecule has 3 heterocycles. The van der Waals surface area contributed by atoms with Gasteiger partial charge >= 0.3 is 0 Å². The van der Waals surface area contributed by atoms with E-state index in [1.54, 1.807) is 28.6 Å². The van der Waals surface area contributed by atoms with Gasteiger partial charge in [0.15, 0.2) is 5.65 Å². The molecule has 0 bridgehead atoms. The van der Waals surface area contributed by atoms with E-state index < -0.39 is 0 Å². The summed E-state index contributed by atoms with van der Waals surface area (Å²) in [5, 5.41) is 8.40. The van der Waals surface area contributed by atoms with Crippen molar-refractivity contribution < 1.29 is 9.59 Å². The van der Waals surface area contributed by atoms with Crippen molar-refractivity contribution in [3.63, 3.8) is 0 Å². The Labute approximate surface area is 193 Å². The van der Waals surface area contributed by atoms with Crippen LogP contribution in [0.25, 0.3) is 23.0 Å². The molecule has 2 amide bonds. The molecule has 1 fully saturated rings. The van der Waals surface area contributed by atoms with Crippen molar-refractivity contribution in [2.75, 3.05) is 0 Å². The van der Waals surface area contributed by atoms with E-state index >= 15 is 0 Å². The first-order chi connectivity index (χ1) is 15.6. The Bertz CT molecular complexity index is 1360. The lowest BCUT2D eigenvalue weighted by molar-refractivity contribution is -0.124. The average Bonchev–Trinajstić information content (AvgIpc) is 3.35. The molecular weight excluding hydrogens is 444 g/mol. The Hall–Kier alpha value is -3.42. The predicted molar refractivity (Wildman–Crippen MR) is 125 cm³/mol. The van der Waals surface area contributed by atoms with Crippen LogP contribution in [0.2, 0.25) is 5.02 Å². The molecule has 0 radical (unpaired) electrons. The van der Waals surface area contributed by atoms with Gasteiger partial charge in [0.2, 0.25) is 5.91 Å². The molecule has 1 saturated heterocycles. The van der Waals surface area contributed by atoms with Crippen molar-refractivity contribution in [2.45, 2.75) is 17.2 Å². The van der Waals surface area contributed by atoms with Crippen LogP contribution in [0, 0.1) is 0 Å². The highest BCUT2D eigenvalue weighted by molar-refractivity contribution is 7.98. The van der Waals surface area contributed by atoms with E-state index in [2.05, 4.69) is 22.5 Å². The van der Waals surface area contributed by atoms with Crippen molar-refractivity contribution in [3.8, 4) is 11.3 Å². The van der Waals surface area contributed by atoms with Crippen LogP contribution in [0.1, 0.15) is 17.5 Å². The summed E-state index contributed by atoms with van der Waals surface area (Å²) in [6.07, 6.45) is 3.42. The Morgan fingerprint density at radius 1 is 1.09 bits per heavy atom. The topological polar surface area (TPSA) is 76.4 Å². The minimum atomic E-state index is -0.373. The highest BCUT2D eigenvalue weighted by Crippen LogP contribution is 2.30. The van der Waals surface area contributed by atoms with Gasteiger partial charge in [0.05, 0.1) is 18.3 Å². The fraction of sp³-hybridized carbons (Fsp3) is 0.0833. The first-order valence-electron chi connectivity index (χ1n) is 9.93. The molecule has 6 nitrogen and oxygen atoms in total. The number of benzene rings is 2. The van der Waals surface area contributed by atoms with Crippen molar-refractivity contribution in [3.05, 3.63) is 88.6 Å². The number of carbonyl (C=O) groups is 2. The summed E-state index contributed by atoms with van der Waals surface area (Å²) in [6, 6.07) is 19.7. The van der Waals surface area contributed by atoms with Gasteiger partial charge in [-0.2, -0.15) is 5.10 Å². The van der Waals surface area contributed by atoms with Crippen molar-refractivity contribution in [1.29, 1.82) is 0 Å². The summed E-state index contributed by atoms with van der Waals surface area (Å²) < 4.78 is 1.77. The van der Waals surface area contributed by atoms with E-state index in [1.165, 1.54) is 5.56 Å². The van der Waals surface area contributed by atoms with Gasteiger partial charge in [0.25, 0.3) is 5.91 Å². The molecule has 158 valence electrons. The third-order valence-corrected chi connectivity index (χ3v) is 6.38. The van der Waals surface area contributed by atoms with Crippen molar-refractivity contribution in [1.82, 2.24) is 19.9 Å². The molecule has 0 unspecified atom stereocenters. The van der Waals surface area contributed by atoms with Crippen LogP contribution in [0.5, 0.6) is 0 Å². The van der Waals surface area contributed by atoms with Crippen molar-refractivity contribution in [2.24, 2.45) is 0 Å². The van der Waals surface area contributed by atoms with E-state index in [4.69, 9.17) is 16.6 Å². The standard InChI is InChI=1S/C24H17ClN4O2S/c25-19-8-6-16(7-9-19)20-12-22(32-14-15-4-2-1-3-5-15)29-23(27-20)18(13-26-29)10-17-11-21(30)28-24(17)31/h1-10,12-13H,11,14H2,(H,28,30,31)/b17-10+. The van der Waals surface area contributed by atoms with E-state index in [0.29, 0.717) is 21.8 Å². The Balaban J connectivity index is 1.60. The van der Waals surface area contributed by atoms with Gasteiger partial charge in [-0.25, -0.2) is 9.50 Å². The number of thioether (sulfide) groups is 1. The molecule has 32 heavy (non-hydrogen) atoms. The van der Waals surface area contributed by atoms with Gasteiger partial charge in [-0.05, 0) is 29.8 Å². The van der Waals surface area contributed by atoms with E-state index in [9.17, 15) is 9.59 Å². The maximum Gasteiger partial charge on any atom is 0.254 e. The van der Waals surface area contributed by atoms with E-state index in [1.807, 2.05) is 48.5 Å². The molecule has 1 aliphatic heterocycles. The minimum Gasteiger partial charge on any atom is -0.292 e. The summed E-state index contributed by atoms with van der Waals surface area (Å²) in [5.41, 5.74) is 4.60. The number of amides is 2. The number of imide groups is 1. The molecule has 5 rings (SSSR count). The van der Waals surface area contributed by atoms with Crippen LogP contribution in [-0.2, 0) is 15.3 Å². The largest absolute Gasteiger partial charge is 0.292 e. The first-order valence-corrected chi connectivity index (χ1v) is 11.3. The number of halogens is 1. The summed E-state index contributed by atoms with van der Waals surface area (Å²) in [6.45, 7) is 0. The maximum atomic E-state index is 12.0. The van der Waals surface area contributed by atoms with Gasteiger partial charge in [-0.1, -0.05) is 54.1 Å². The SMILES string of the molecule is O=C1C/C(=C\c2cnn3c(SCc4ccccc4)cc(-c4ccc(Cl)cc4)nc23)C(=O)N1. The fourth-order valence-corrected chi connectivity index (χ4v) is 4.55. The normalized spacial score (nSPS) is 15.0. The fourth-order valence-electron chi connectivity index (χ4n) is 3.47. The van der Waals surface area contributed by atoms with Crippen LogP contribution in [0.3, 0.4) is 0 Å². The Morgan fingerprint density at radius 3 is 2.59 bits per heavy atom. The number of rotatable bonds is 5. The second-order valence-corrected chi connectivity index (χ2v) is 8.75. The zero-order valence-corrected chi connectivity index (χ0v) is 18.4. The van der Waals surface area contributed by atoms with Gasteiger partial charge in [-0.15, -0.1) is 11.8 Å². The number of hydrogen-bond donors (Lipinski definition) is 1. The number of nitrogens with one attached hydrogen (secondary N) is 1. The molecule has 2 aromatic heterocycles. The molecular formula is C24H17ClN4O2S. The highest BCUT2D eigenvalue weighted by Gasteiger charge is 2.24. The molecule has 0 atom stereocenters. The average molecular weight is 461 g/mol. The van der Waals surface area contributed by atoms with Crippen LogP contribution in [0.15, 0.2) is 77.5 Å². The molecule has 0 spiro atoms. The summed E-state index contributed by atoms with van der Waals surface area (Å²) in [4.78, 5) is 28.4. The number of carbonyl (C=O) groups excluding carboxylic acids is 2. The monoisotopic (exact) mass is 460 g/mol. The second-order valence-electron chi connectivity index (χ2n) is 7.32. The number of fused-ring (bicyclic) bond motifs is 1. The number of hydrogen-bond acceptors (Lipinski definition) is 5. The molecule has 4 aromatic rings. The van der Waals surface area contributed by atoms with Crippen LogP contribution < -0.4 is 5.32 Å². The van der Waals surface area contributed by atoms with E-state index in [0.717, 1.165) is 22.0 Å². The van der Waals surface area contributed by atoms with Crippen LogP contribution in [0.4, 0.5) is 0 Å². The van der Waals surface area contributed by atoms with E-state index in [-0.39, 0.29) is 18.2 Å². The molecule has 1 aliphatic rings. The lowest BCUT2D eigenvalue weighted by Crippen LogP contribution is -2.19. The zero-order chi connectivity index (χ0) is 22.1. The third kappa shape index (κ3) is 4.17. The molecule has 2 aromatic carbocycles. The smallest absolute Gasteiger partial charge is 0.254 e. The zero-order valence-electron chi connectivity index (χ0n) is 16.8. The lowest BCUT2D eigenvalue weighted by atomic mass is 10.1. The van der Waals surface area contributed by atoms with Gasteiger partial charge < -0.3 is 0 Å². The molecule has 0 aliphatic carbocycles. The first kappa shape index (κ1) is 20.5. The number of aromatic nitrogens is 3.